The predicted molar refractivity (Wildman–Crippen MR) is 66.9 cm³/mol. The van der Waals surface area contributed by atoms with Crippen molar-refractivity contribution in [1.82, 2.24) is 14.8 Å². The molecule has 2 aromatic rings. The molecule has 0 saturated carbocycles. The third kappa shape index (κ3) is 2.36. The molecule has 0 aliphatic heterocycles. The monoisotopic (exact) mass is 265 g/mol. The van der Waals surface area contributed by atoms with E-state index in [1.165, 1.54) is 0 Å². The van der Waals surface area contributed by atoms with Crippen molar-refractivity contribution < 1.29 is 9.53 Å². The predicted octanol–water partition coefficient (Wildman–Crippen LogP) is 2.17. The molecule has 1 heterocycles. The topological polar surface area (TPSA) is 57.0 Å². The van der Waals surface area contributed by atoms with Crippen LogP contribution in [0.1, 0.15) is 22.0 Å². The third-order valence-electron chi connectivity index (χ3n) is 2.65. The zero-order valence-corrected chi connectivity index (χ0v) is 10.8. The van der Waals surface area contributed by atoms with Gasteiger partial charge in [-0.25, -0.2) is 0 Å². The normalized spacial score (nSPS) is 10.4. The molecule has 0 radical (unpaired) electrons. The average molecular weight is 266 g/mol. The quantitative estimate of drug-likeness (QED) is 0.795. The van der Waals surface area contributed by atoms with Gasteiger partial charge < -0.3 is 9.30 Å². The fraction of sp³-hybridized carbons (Fsp3) is 0.250. The van der Waals surface area contributed by atoms with Crippen LogP contribution in [0.4, 0.5) is 0 Å². The minimum Gasteiger partial charge on any atom is -0.483 e. The van der Waals surface area contributed by atoms with E-state index >= 15 is 0 Å². The van der Waals surface area contributed by atoms with E-state index in [-0.39, 0.29) is 6.61 Å². The lowest BCUT2D eigenvalue weighted by Crippen LogP contribution is -2.05. The summed E-state index contributed by atoms with van der Waals surface area (Å²) in [7, 11) is 1.85. The summed E-state index contributed by atoms with van der Waals surface area (Å²) in [6, 6.07) is 5.02. The molecule has 0 bridgehead atoms. The SMILES string of the molecule is Cc1nnc(COc2c(Cl)cccc2C=O)n1C. The highest BCUT2D eigenvalue weighted by Gasteiger charge is 2.10. The Morgan fingerprint density at radius 1 is 1.44 bits per heavy atom. The van der Waals surface area contributed by atoms with Gasteiger partial charge in [-0.05, 0) is 19.1 Å². The van der Waals surface area contributed by atoms with Crippen molar-refractivity contribution in [3.8, 4) is 5.75 Å². The van der Waals surface area contributed by atoms with Gasteiger partial charge in [0.05, 0.1) is 10.6 Å². The van der Waals surface area contributed by atoms with E-state index in [4.69, 9.17) is 16.3 Å². The molecule has 0 atom stereocenters. The van der Waals surface area contributed by atoms with Crippen LogP contribution >= 0.6 is 11.6 Å². The number of para-hydroxylation sites is 1. The second kappa shape index (κ2) is 5.18. The molecule has 0 amide bonds. The second-order valence-electron chi connectivity index (χ2n) is 3.79. The number of hydrogen-bond acceptors (Lipinski definition) is 4. The Balaban J connectivity index is 2.20. The van der Waals surface area contributed by atoms with Gasteiger partial charge in [-0.2, -0.15) is 0 Å². The van der Waals surface area contributed by atoms with Crippen LogP contribution in [0.15, 0.2) is 18.2 Å². The van der Waals surface area contributed by atoms with Crippen molar-refractivity contribution in [2.45, 2.75) is 13.5 Å². The minimum atomic E-state index is 0.210. The first-order valence-corrected chi connectivity index (χ1v) is 5.72. The van der Waals surface area contributed by atoms with Crippen LogP contribution in [0, 0.1) is 6.92 Å². The molecule has 6 heteroatoms. The molecular formula is C12H12ClN3O2. The van der Waals surface area contributed by atoms with Crippen LogP contribution in [0.2, 0.25) is 5.02 Å². The molecule has 0 spiro atoms. The summed E-state index contributed by atoms with van der Waals surface area (Å²) in [4.78, 5) is 10.9. The van der Waals surface area contributed by atoms with E-state index in [0.29, 0.717) is 28.4 Å². The average Bonchev–Trinajstić information content (AvgIpc) is 2.68. The maximum Gasteiger partial charge on any atom is 0.170 e. The van der Waals surface area contributed by atoms with Gasteiger partial charge in [-0.1, -0.05) is 17.7 Å². The van der Waals surface area contributed by atoms with Crippen molar-refractivity contribution in [3.63, 3.8) is 0 Å². The van der Waals surface area contributed by atoms with Crippen LogP contribution in [0.25, 0.3) is 0 Å². The first-order valence-electron chi connectivity index (χ1n) is 5.35. The lowest BCUT2D eigenvalue weighted by atomic mass is 10.2. The van der Waals surface area contributed by atoms with Crippen molar-refractivity contribution in [2.75, 3.05) is 0 Å². The molecule has 18 heavy (non-hydrogen) atoms. The van der Waals surface area contributed by atoms with E-state index in [1.54, 1.807) is 18.2 Å². The van der Waals surface area contributed by atoms with Gasteiger partial charge in [0.25, 0.3) is 0 Å². The van der Waals surface area contributed by atoms with Crippen LogP contribution < -0.4 is 4.74 Å². The van der Waals surface area contributed by atoms with Crippen molar-refractivity contribution >= 4 is 17.9 Å². The van der Waals surface area contributed by atoms with Crippen molar-refractivity contribution in [2.24, 2.45) is 7.05 Å². The Labute approximate surface area is 109 Å². The van der Waals surface area contributed by atoms with Crippen LogP contribution in [-0.2, 0) is 13.7 Å². The molecule has 0 aliphatic rings. The lowest BCUT2D eigenvalue weighted by molar-refractivity contribution is 0.111. The van der Waals surface area contributed by atoms with Crippen molar-refractivity contribution in [1.29, 1.82) is 0 Å². The van der Waals surface area contributed by atoms with Gasteiger partial charge in [-0.15, -0.1) is 10.2 Å². The number of benzene rings is 1. The smallest absolute Gasteiger partial charge is 0.170 e. The summed E-state index contributed by atoms with van der Waals surface area (Å²) in [6.45, 7) is 2.06. The number of hydrogen-bond donors (Lipinski definition) is 0. The van der Waals surface area contributed by atoms with Gasteiger partial charge in [0, 0.05) is 7.05 Å². The van der Waals surface area contributed by atoms with Gasteiger partial charge >= 0.3 is 0 Å². The minimum absolute atomic E-state index is 0.210. The van der Waals surface area contributed by atoms with Gasteiger partial charge in [0.1, 0.15) is 18.2 Å². The first-order chi connectivity index (χ1) is 8.63. The number of carbonyl (C=O) groups is 1. The summed E-state index contributed by atoms with van der Waals surface area (Å²) in [5.41, 5.74) is 0.418. The Morgan fingerprint density at radius 2 is 2.22 bits per heavy atom. The van der Waals surface area contributed by atoms with Gasteiger partial charge in [0.15, 0.2) is 12.1 Å². The number of ether oxygens (including phenoxy) is 1. The number of nitrogens with zero attached hydrogens (tertiary/aromatic N) is 3. The van der Waals surface area contributed by atoms with Crippen molar-refractivity contribution in [3.05, 3.63) is 40.4 Å². The molecule has 0 unspecified atom stereocenters. The van der Waals surface area contributed by atoms with Crippen LogP contribution in [0.3, 0.4) is 0 Å². The van der Waals surface area contributed by atoms with E-state index in [9.17, 15) is 4.79 Å². The zero-order valence-electron chi connectivity index (χ0n) is 10.1. The summed E-state index contributed by atoms with van der Waals surface area (Å²) >= 11 is 5.99. The van der Waals surface area contributed by atoms with E-state index in [2.05, 4.69) is 10.2 Å². The van der Waals surface area contributed by atoms with E-state index < -0.39 is 0 Å². The maximum absolute atomic E-state index is 10.9. The molecule has 0 aliphatic carbocycles. The number of aryl methyl sites for hydroxylation is 1. The summed E-state index contributed by atoms with van der Waals surface area (Å²) in [6.07, 6.45) is 0.711. The molecule has 0 N–H and O–H groups in total. The van der Waals surface area contributed by atoms with Gasteiger partial charge in [0.2, 0.25) is 0 Å². The molecule has 5 nitrogen and oxygen atoms in total. The highest BCUT2D eigenvalue weighted by Crippen LogP contribution is 2.28. The number of rotatable bonds is 4. The fourth-order valence-electron chi connectivity index (χ4n) is 1.48. The largest absolute Gasteiger partial charge is 0.483 e. The van der Waals surface area contributed by atoms with Crippen LogP contribution in [-0.4, -0.2) is 21.1 Å². The van der Waals surface area contributed by atoms with E-state index in [0.717, 1.165) is 5.82 Å². The lowest BCUT2D eigenvalue weighted by Gasteiger charge is -2.09. The van der Waals surface area contributed by atoms with Crippen LogP contribution in [0.5, 0.6) is 5.75 Å². The number of halogens is 1. The first kappa shape index (κ1) is 12.6. The fourth-order valence-corrected chi connectivity index (χ4v) is 1.72. The Morgan fingerprint density at radius 3 is 2.83 bits per heavy atom. The van der Waals surface area contributed by atoms with E-state index in [1.807, 2.05) is 18.5 Å². The summed E-state index contributed by atoms with van der Waals surface area (Å²) < 4.78 is 7.37. The molecule has 1 aromatic carbocycles. The summed E-state index contributed by atoms with van der Waals surface area (Å²) in [5, 5.41) is 8.30. The van der Waals surface area contributed by atoms with Gasteiger partial charge in [-0.3, -0.25) is 4.79 Å². The molecule has 1 aromatic heterocycles. The highest BCUT2D eigenvalue weighted by molar-refractivity contribution is 6.32. The Bertz CT molecular complexity index is 581. The molecule has 0 fully saturated rings. The molecule has 0 saturated heterocycles. The zero-order chi connectivity index (χ0) is 13.1. The summed E-state index contributed by atoms with van der Waals surface area (Å²) in [5.74, 6) is 1.84. The maximum atomic E-state index is 10.9. The second-order valence-corrected chi connectivity index (χ2v) is 4.19. The number of aldehydes is 1. The number of carbonyl (C=O) groups excluding carboxylic acids is 1. The molecule has 94 valence electrons. The Kier molecular flexibility index (Phi) is 3.62. The highest BCUT2D eigenvalue weighted by atomic mass is 35.5. The Hall–Kier alpha value is -1.88. The molecular weight excluding hydrogens is 254 g/mol. The standard InChI is InChI=1S/C12H12ClN3O2/c1-8-14-15-11(16(8)2)7-18-12-9(6-17)4-3-5-10(12)13/h3-6H,7H2,1-2H3. The molecule has 2 rings (SSSR count). The number of aromatic nitrogens is 3. The third-order valence-corrected chi connectivity index (χ3v) is 2.95.